The van der Waals surface area contributed by atoms with Crippen LogP contribution in [0.1, 0.15) is 16.7 Å². The van der Waals surface area contributed by atoms with Gasteiger partial charge in [-0.15, -0.1) is 0 Å². The van der Waals surface area contributed by atoms with Crippen molar-refractivity contribution >= 4 is 56.8 Å². The summed E-state index contributed by atoms with van der Waals surface area (Å²) in [7, 11) is -8.66. The highest BCUT2D eigenvalue weighted by molar-refractivity contribution is 9.10. The highest BCUT2D eigenvalue weighted by Crippen LogP contribution is 2.60. The molecule has 7 nitrogen and oxygen atoms in total. The van der Waals surface area contributed by atoms with E-state index in [1.165, 1.54) is 49.6 Å². The zero-order valence-electron chi connectivity index (χ0n) is 18.4. The standard InChI is InChI=1S/C22H19BrCl2F2NO6PS/c1-34-20-4-2-3-5-21(20)36(32,33)28(13-15-7-9-18(24)19(25)11-15)12-14-6-8-16(17(23)10-14)22(26,27)35(29,30)31/h2-11H,12-13H2,1H3,(H2,29,30,31). The van der Waals surface area contributed by atoms with Crippen molar-refractivity contribution in [1.29, 1.82) is 0 Å². The van der Waals surface area contributed by atoms with E-state index in [1.54, 1.807) is 12.1 Å². The lowest BCUT2D eigenvalue weighted by Crippen LogP contribution is -2.30. The Morgan fingerprint density at radius 2 is 1.58 bits per heavy atom. The van der Waals surface area contributed by atoms with Gasteiger partial charge >= 0.3 is 13.3 Å². The van der Waals surface area contributed by atoms with Gasteiger partial charge in [0, 0.05) is 23.1 Å². The van der Waals surface area contributed by atoms with E-state index in [0.29, 0.717) is 5.56 Å². The molecule has 14 heteroatoms. The molecule has 0 fully saturated rings. The van der Waals surface area contributed by atoms with Crippen LogP contribution in [0.15, 0.2) is 70.0 Å². The minimum absolute atomic E-state index is 0.106. The summed E-state index contributed by atoms with van der Waals surface area (Å²) in [5.41, 5.74) is -4.59. The largest absolute Gasteiger partial charge is 0.495 e. The molecule has 0 heterocycles. The van der Waals surface area contributed by atoms with Crippen LogP contribution >= 0.6 is 46.7 Å². The van der Waals surface area contributed by atoms with E-state index in [4.69, 9.17) is 37.7 Å². The third-order valence-electron chi connectivity index (χ3n) is 5.11. The average Bonchev–Trinajstić information content (AvgIpc) is 2.80. The SMILES string of the molecule is COc1ccccc1S(=O)(=O)N(Cc1ccc(Cl)c(Cl)c1)Cc1ccc(C(F)(F)P(=O)(O)O)c(Br)c1. The van der Waals surface area contributed by atoms with Gasteiger partial charge in [-0.25, -0.2) is 8.42 Å². The summed E-state index contributed by atoms with van der Waals surface area (Å²) in [6, 6.07) is 13.8. The molecule has 3 rings (SSSR count). The molecule has 194 valence electrons. The summed E-state index contributed by atoms with van der Waals surface area (Å²) in [6.07, 6.45) is 0. The predicted octanol–water partition coefficient (Wildman–Crippen LogP) is 6.38. The van der Waals surface area contributed by atoms with Gasteiger partial charge in [-0.3, -0.25) is 4.57 Å². The van der Waals surface area contributed by atoms with Gasteiger partial charge in [0.1, 0.15) is 10.6 Å². The smallest absolute Gasteiger partial charge is 0.399 e. The number of benzene rings is 3. The van der Waals surface area contributed by atoms with Gasteiger partial charge in [-0.2, -0.15) is 13.1 Å². The van der Waals surface area contributed by atoms with Crippen LogP contribution in [0.3, 0.4) is 0 Å². The maximum absolute atomic E-state index is 14.2. The first-order valence-electron chi connectivity index (χ1n) is 9.98. The predicted molar refractivity (Wildman–Crippen MR) is 136 cm³/mol. The van der Waals surface area contributed by atoms with Crippen molar-refractivity contribution in [3.05, 3.63) is 91.9 Å². The lowest BCUT2D eigenvalue weighted by Gasteiger charge is -2.24. The van der Waals surface area contributed by atoms with Crippen molar-refractivity contribution in [3.8, 4) is 5.75 Å². The number of alkyl halides is 2. The Kier molecular flexibility index (Phi) is 8.90. The molecule has 0 aromatic heterocycles. The molecule has 0 saturated heterocycles. The van der Waals surface area contributed by atoms with Crippen molar-refractivity contribution in [2.24, 2.45) is 0 Å². The molecule has 0 amide bonds. The van der Waals surface area contributed by atoms with E-state index in [-0.39, 0.29) is 43.8 Å². The van der Waals surface area contributed by atoms with Crippen LogP contribution in [0.4, 0.5) is 8.78 Å². The highest BCUT2D eigenvalue weighted by atomic mass is 79.9. The molecular weight excluding hydrogens is 626 g/mol. The second-order valence-corrected chi connectivity index (χ2v) is 12.8. The summed E-state index contributed by atoms with van der Waals surface area (Å²) in [6.45, 7) is -0.434. The Morgan fingerprint density at radius 1 is 1.00 bits per heavy atom. The lowest BCUT2D eigenvalue weighted by atomic mass is 10.1. The molecule has 0 spiro atoms. The number of ether oxygens (including phenoxy) is 1. The van der Waals surface area contributed by atoms with E-state index in [9.17, 15) is 21.8 Å². The molecule has 0 aliphatic carbocycles. The maximum Gasteiger partial charge on any atom is 0.399 e. The van der Waals surface area contributed by atoms with Gasteiger partial charge in [0.05, 0.1) is 17.2 Å². The highest BCUT2D eigenvalue weighted by Gasteiger charge is 2.51. The minimum atomic E-state index is -5.80. The number of hydrogen-bond acceptors (Lipinski definition) is 4. The molecule has 0 aliphatic heterocycles. The molecule has 0 atom stereocenters. The molecule has 36 heavy (non-hydrogen) atoms. The monoisotopic (exact) mass is 643 g/mol. The fraction of sp³-hybridized carbons (Fsp3) is 0.182. The van der Waals surface area contributed by atoms with Crippen molar-refractivity contribution in [3.63, 3.8) is 0 Å². The number of hydrogen-bond donors (Lipinski definition) is 2. The molecule has 0 aliphatic rings. The number of nitrogens with zero attached hydrogens (tertiary/aromatic N) is 1. The Bertz CT molecular complexity index is 1440. The fourth-order valence-corrected chi connectivity index (χ4v) is 6.53. The van der Waals surface area contributed by atoms with E-state index < -0.39 is 28.8 Å². The molecule has 0 bridgehead atoms. The van der Waals surface area contributed by atoms with E-state index in [2.05, 4.69) is 15.9 Å². The fourth-order valence-electron chi connectivity index (χ4n) is 3.30. The normalized spacial score (nSPS) is 12.7. The van der Waals surface area contributed by atoms with Crippen molar-refractivity contribution in [2.45, 2.75) is 23.6 Å². The zero-order valence-corrected chi connectivity index (χ0v) is 23.2. The second-order valence-electron chi connectivity index (χ2n) is 7.57. The van der Waals surface area contributed by atoms with Gasteiger partial charge in [0.15, 0.2) is 0 Å². The van der Waals surface area contributed by atoms with Gasteiger partial charge in [0.25, 0.3) is 0 Å². The van der Waals surface area contributed by atoms with Crippen LogP contribution in [-0.4, -0.2) is 29.6 Å². The molecule has 0 unspecified atom stereocenters. The molecule has 0 saturated carbocycles. The zero-order chi connectivity index (χ0) is 26.9. The van der Waals surface area contributed by atoms with Gasteiger partial charge in [-0.05, 0) is 41.5 Å². The number of sulfonamides is 1. The second kappa shape index (κ2) is 11.0. The first-order valence-corrected chi connectivity index (χ1v) is 14.6. The molecule has 2 N–H and O–H groups in total. The summed E-state index contributed by atoms with van der Waals surface area (Å²) in [5.74, 6) is 0.106. The first-order chi connectivity index (χ1) is 16.7. The first kappa shape index (κ1) is 29.0. The van der Waals surface area contributed by atoms with Crippen molar-refractivity contribution in [1.82, 2.24) is 4.31 Å². The maximum atomic E-state index is 14.2. The summed E-state index contributed by atoms with van der Waals surface area (Å²) in [5, 5.41) is 0.501. The number of para-hydroxylation sites is 1. The third-order valence-corrected chi connectivity index (χ3v) is 9.31. The van der Waals surface area contributed by atoms with E-state index >= 15 is 0 Å². The van der Waals surface area contributed by atoms with Crippen LogP contribution < -0.4 is 4.74 Å². The summed E-state index contributed by atoms with van der Waals surface area (Å²) in [4.78, 5) is 18.0. The lowest BCUT2D eigenvalue weighted by molar-refractivity contribution is 0.0557. The number of halogens is 5. The topological polar surface area (TPSA) is 104 Å². The van der Waals surface area contributed by atoms with Crippen molar-refractivity contribution in [2.75, 3.05) is 7.11 Å². The van der Waals surface area contributed by atoms with Crippen LogP contribution in [0, 0.1) is 0 Å². The number of rotatable bonds is 9. The minimum Gasteiger partial charge on any atom is -0.495 e. The van der Waals surface area contributed by atoms with Gasteiger partial charge in [0.2, 0.25) is 10.0 Å². The van der Waals surface area contributed by atoms with Gasteiger partial charge in [-0.1, -0.05) is 69.5 Å². The van der Waals surface area contributed by atoms with Gasteiger partial charge < -0.3 is 14.5 Å². The van der Waals surface area contributed by atoms with Crippen molar-refractivity contribution < 1.29 is 36.3 Å². The average molecular weight is 645 g/mol. The molecule has 0 radical (unpaired) electrons. The summed E-state index contributed by atoms with van der Waals surface area (Å²) < 4.78 is 73.1. The van der Waals surface area contributed by atoms with Crippen LogP contribution in [0.25, 0.3) is 0 Å². The quantitative estimate of drug-likeness (QED) is 0.262. The molecule has 3 aromatic rings. The number of methoxy groups -OCH3 is 1. The Hall–Kier alpha value is -1.56. The van der Waals surface area contributed by atoms with Crippen LogP contribution in [0.2, 0.25) is 10.0 Å². The van der Waals surface area contributed by atoms with E-state index in [0.717, 1.165) is 10.4 Å². The molecular formula is C22H19BrCl2F2NO6PS. The molecule has 3 aromatic carbocycles. The third kappa shape index (κ3) is 6.11. The van der Waals surface area contributed by atoms with Crippen LogP contribution in [0.5, 0.6) is 5.75 Å². The Morgan fingerprint density at radius 3 is 2.14 bits per heavy atom. The Labute approximate surface area is 224 Å². The van der Waals surface area contributed by atoms with E-state index in [1.807, 2.05) is 0 Å². The Balaban J connectivity index is 2.06. The summed E-state index contributed by atoms with van der Waals surface area (Å²) >= 11 is 15.0. The van der Waals surface area contributed by atoms with Crippen LogP contribution in [-0.2, 0) is 33.3 Å².